The van der Waals surface area contributed by atoms with Gasteiger partial charge in [0.15, 0.2) is 11.5 Å². The minimum atomic E-state index is -0.956. The van der Waals surface area contributed by atoms with Crippen molar-refractivity contribution in [3.63, 3.8) is 0 Å². The fraction of sp³-hybridized carbons (Fsp3) is 0.455. The molecule has 0 spiro atoms. The van der Waals surface area contributed by atoms with E-state index in [9.17, 15) is 23.2 Å². The third-order valence-electron chi connectivity index (χ3n) is 5.91. The number of hydrogen-bond acceptors (Lipinski definition) is 5. The van der Waals surface area contributed by atoms with Crippen LogP contribution in [-0.2, 0) is 9.53 Å². The fourth-order valence-corrected chi connectivity index (χ4v) is 4.20. The average molecular weight is 498 g/mol. The molecule has 1 fully saturated rings. The summed E-state index contributed by atoms with van der Waals surface area (Å²) in [4.78, 5) is 41.4. The monoisotopic (exact) mass is 497 g/mol. The predicted octanol–water partition coefficient (Wildman–Crippen LogP) is 3.05. The van der Waals surface area contributed by atoms with Gasteiger partial charge in [-0.05, 0) is 38.7 Å². The van der Waals surface area contributed by atoms with Gasteiger partial charge in [-0.15, -0.1) is 0 Å². The van der Waals surface area contributed by atoms with Crippen LogP contribution < -0.4 is 16.4 Å². The molecule has 0 radical (unpaired) electrons. The summed E-state index contributed by atoms with van der Waals surface area (Å²) in [5.74, 6) is -3.99. The van der Waals surface area contributed by atoms with Gasteiger partial charge in [0.05, 0.1) is 23.1 Å². The Hall–Kier alpha value is -3.05. The summed E-state index contributed by atoms with van der Waals surface area (Å²) in [5, 5.41) is 4.86. The highest BCUT2D eigenvalue weighted by Crippen LogP contribution is 2.35. The van der Waals surface area contributed by atoms with Crippen LogP contribution in [0.2, 0.25) is 5.02 Å². The molecule has 0 saturated heterocycles. The number of nitrogens with two attached hydrogens (primary N) is 1. The van der Waals surface area contributed by atoms with Crippen molar-refractivity contribution in [1.82, 2.24) is 14.9 Å². The highest BCUT2D eigenvalue weighted by molar-refractivity contribution is 6.33. The van der Waals surface area contributed by atoms with Crippen molar-refractivity contribution in [2.24, 2.45) is 11.7 Å². The zero-order valence-corrected chi connectivity index (χ0v) is 19.5. The quantitative estimate of drug-likeness (QED) is 0.516. The van der Waals surface area contributed by atoms with Crippen molar-refractivity contribution < 1.29 is 27.9 Å². The lowest BCUT2D eigenvalue weighted by Crippen LogP contribution is -2.34. The normalized spacial score (nSPS) is 18.9. The number of amides is 3. The molecular formula is C22H26ClF2N5O4. The number of carbonyl (C=O) groups excluding carboxylic acids is 3. The molecule has 9 nitrogen and oxygen atoms in total. The number of aromatic nitrogens is 2. The lowest BCUT2D eigenvalue weighted by Gasteiger charge is -2.29. The molecule has 1 saturated carbocycles. The van der Waals surface area contributed by atoms with Gasteiger partial charge in [0.25, 0.3) is 11.8 Å². The van der Waals surface area contributed by atoms with Crippen LogP contribution in [0.15, 0.2) is 18.5 Å². The van der Waals surface area contributed by atoms with E-state index in [1.54, 1.807) is 11.5 Å². The minimum absolute atomic E-state index is 0.00404. The number of ether oxygens (including phenoxy) is 1. The first-order valence-corrected chi connectivity index (χ1v) is 11.1. The van der Waals surface area contributed by atoms with Gasteiger partial charge in [-0.2, -0.15) is 0 Å². The summed E-state index contributed by atoms with van der Waals surface area (Å²) in [6.45, 7) is 2.01. The molecule has 184 valence electrons. The standard InChI is InChI=1S/C22H26ClF2N5O4/c1-11(34-2)9-27-22(33)18-19(20(26)31)30(10-28-18)14-5-3-12(4-6-14)21(32)29-17-15(23)7-13(24)8-16(17)25/h7-8,10-12,14H,3-6,9H2,1-2H3,(H2,26,31)(H,27,33)(H,29,32)/t11?,12-,14-. The first-order chi connectivity index (χ1) is 16.1. The van der Waals surface area contributed by atoms with Crippen LogP contribution in [0.3, 0.4) is 0 Å². The number of benzene rings is 1. The molecule has 1 aliphatic carbocycles. The number of primary amides is 1. The second-order valence-corrected chi connectivity index (χ2v) is 8.62. The van der Waals surface area contributed by atoms with E-state index in [0.717, 1.165) is 6.07 Å². The maximum absolute atomic E-state index is 14.0. The molecule has 1 aromatic carbocycles. The zero-order valence-electron chi connectivity index (χ0n) is 18.7. The van der Waals surface area contributed by atoms with E-state index in [0.29, 0.717) is 31.7 Å². The SMILES string of the molecule is COC(C)CNC(=O)c1ncn([C@H]2CC[C@H](C(=O)Nc3c(F)cc(F)cc3Cl)CC2)c1C(N)=O. The maximum Gasteiger partial charge on any atom is 0.272 e. The second-order valence-electron chi connectivity index (χ2n) is 8.21. The van der Waals surface area contributed by atoms with Crippen molar-refractivity contribution in [3.05, 3.63) is 46.5 Å². The maximum atomic E-state index is 14.0. The first-order valence-electron chi connectivity index (χ1n) is 10.7. The smallest absolute Gasteiger partial charge is 0.272 e. The minimum Gasteiger partial charge on any atom is -0.380 e. The van der Waals surface area contributed by atoms with E-state index >= 15 is 0 Å². The van der Waals surface area contributed by atoms with Crippen LogP contribution in [0.1, 0.15) is 59.6 Å². The highest BCUT2D eigenvalue weighted by atomic mass is 35.5. The molecule has 0 aliphatic heterocycles. The first kappa shape index (κ1) is 25.6. The molecule has 12 heteroatoms. The van der Waals surface area contributed by atoms with Gasteiger partial charge in [0.1, 0.15) is 11.5 Å². The number of methoxy groups -OCH3 is 1. The molecule has 1 aliphatic rings. The van der Waals surface area contributed by atoms with Crippen LogP contribution in [-0.4, -0.2) is 47.0 Å². The van der Waals surface area contributed by atoms with Crippen molar-refractivity contribution in [3.8, 4) is 0 Å². The van der Waals surface area contributed by atoms with E-state index in [4.69, 9.17) is 22.1 Å². The molecule has 3 amide bonds. The lowest BCUT2D eigenvalue weighted by atomic mass is 9.85. The van der Waals surface area contributed by atoms with Gasteiger partial charge in [-0.25, -0.2) is 13.8 Å². The van der Waals surface area contributed by atoms with E-state index < -0.39 is 35.3 Å². The molecule has 3 rings (SSSR count). The summed E-state index contributed by atoms with van der Waals surface area (Å²) in [7, 11) is 1.52. The largest absolute Gasteiger partial charge is 0.380 e. The Balaban J connectivity index is 1.67. The Morgan fingerprint density at radius 2 is 1.94 bits per heavy atom. The molecule has 1 atom stereocenters. The molecular weight excluding hydrogens is 472 g/mol. The van der Waals surface area contributed by atoms with Gasteiger partial charge in [0.2, 0.25) is 5.91 Å². The Kier molecular flexibility index (Phi) is 8.21. The van der Waals surface area contributed by atoms with Crippen LogP contribution in [0.25, 0.3) is 0 Å². The van der Waals surface area contributed by atoms with Gasteiger partial charge in [-0.3, -0.25) is 14.4 Å². The Bertz CT molecular complexity index is 1060. The van der Waals surface area contributed by atoms with E-state index in [1.807, 2.05) is 0 Å². The molecule has 1 unspecified atom stereocenters. The van der Waals surface area contributed by atoms with Crippen LogP contribution in [0.4, 0.5) is 14.5 Å². The number of imidazole rings is 1. The number of nitrogens with zero attached hydrogens (tertiary/aromatic N) is 2. The second kappa shape index (κ2) is 10.9. The topological polar surface area (TPSA) is 128 Å². The van der Waals surface area contributed by atoms with E-state index in [2.05, 4.69) is 15.6 Å². The number of hydrogen-bond donors (Lipinski definition) is 3. The van der Waals surface area contributed by atoms with Crippen LogP contribution in [0, 0.1) is 17.6 Å². The third-order valence-corrected chi connectivity index (χ3v) is 6.21. The molecule has 0 bridgehead atoms. The molecule has 1 aromatic heterocycles. The Morgan fingerprint density at radius 1 is 1.26 bits per heavy atom. The summed E-state index contributed by atoms with van der Waals surface area (Å²) in [6.07, 6.45) is 3.03. The number of rotatable bonds is 8. The zero-order chi connectivity index (χ0) is 25.0. The number of nitrogens with one attached hydrogen (secondary N) is 2. The number of carbonyl (C=O) groups is 3. The molecule has 4 N–H and O–H groups in total. The Labute approximate surface area is 200 Å². The summed E-state index contributed by atoms with van der Waals surface area (Å²) >= 11 is 5.86. The highest BCUT2D eigenvalue weighted by Gasteiger charge is 2.32. The molecule has 2 aromatic rings. The van der Waals surface area contributed by atoms with E-state index in [-0.39, 0.29) is 40.8 Å². The fourth-order valence-electron chi connectivity index (χ4n) is 3.95. The van der Waals surface area contributed by atoms with Crippen LogP contribution in [0.5, 0.6) is 0 Å². The van der Waals surface area contributed by atoms with Crippen molar-refractivity contribution in [2.45, 2.75) is 44.8 Å². The van der Waals surface area contributed by atoms with Gasteiger partial charge >= 0.3 is 0 Å². The van der Waals surface area contributed by atoms with E-state index in [1.165, 1.54) is 13.4 Å². The summed E-state index contributed by atoms with van der Waals surface area (Å²) in [5.41, 5.74) is 5.20. The lowest BCUT2D eigenvalue weighted by molar-refractivity contribution is -0.121. The Morgan fingerprint density at radius 3 is 2.53 bits per heavy atom. The molecule has 1 heterocycles. The van der Waals surface area contributed by atoms with Gasteiger partial charge < -0.3 is 25.7 Å². The predicted molar refractivity (Wildman–Crippen MR) is 121 cm³/mol. The third kappa shape index (κ3) is 5.71. The average Bonchev–Trinajstić information content (AvgIpc) is 3.25. The van der Waals surface area contributed by atoms with Gasteiger partial charge in [-0.1, -0.05) is 11.6 Å². The van der Waals surface area contributed by atoms with Crippen molar-refractivity contribution >= 4 is 35.0 Å². The number of anilines is 1. The van der Waals surface area contributed by atoms with Crippen molar-refractivity contribution in [1.29, 1.82) is 0 Å². The van der Waals surface area contributed by atoms with Gasteiger partial charge in [0, 0.05) is 31.7 Å². The number of halogens is 3. The van der Waals surface area contributed by atoms with Crippen molar-refractivity contribution in [2.75, 3.05) is 19.0 Å². The molecule has 34 heavy (non-hydrogen) atoms. The summed E-state index contributed by atoms with van der Waals surface area (Å²) < 4.78 is 33.9. The summed E-state index contributed by atoms with van der Waals surface area (Å²) in [6, 6.07) is 1.36. The van der Waals surface area contributed by atoms with Crippen LogP contribution >= 0.6 is 11.6 Å².